The van der Waals surface area contributed by atoms with E-state index in [1.165, 1.54) is 0 Å². The molecule has 0 saturated carbocycles. The summed E-state index contributed by atoms with van der Waals surface area (Å²) in [5, 5.41) is 14.0. The van der Waals surface area contributed by atoms with E-state index in [0.717, 1.165) is 5.56 Å². The molecule has 27 heavy (non-hydrogen) atoms. The van der Waals surface area contributed by atoms with Crippen LogP contribution >= 0.6 is 0 Å². The van der Waals surface area contributed by atoms with Crippen molar-refractivity contribution in [1.29, 1.82) is 0 Å². The third kappa shape index (κ3) is 9.36. The van der Waals surface area contributed by atoms with Crippen LogP contribution in [-0.2, 0) is 25.7 Å². The number of hydrogen-bond donors (Lipinski definition) is 3. The van der Waals surface area contributed by atoms with Gasteiger partial charge in [0, 0.05) is 0 Å². The summed E-state index contributed by atoms with van der Waals surface area (Å²) in [5.74, 6) is -2.54. The molecule has 0 fully saturated rings. The quantitative estimate of drug-likeness (QED) is 0.543. The summed E-state index contributed by atoms with van der Waals surface area (Å²) in [5.41, 5.74) is 0.776. The number of carboxylic acid groups (broad SMARTS) is 1. The lowest BCUT2D eigenvalue weighted by Crippen LogP contribution is -2.48. The van der Waals surface area contributed by atoms with Crippen molar-refractivity contribution in [3.8, 4) is 0 Å². The average Bonchev–Trinajstić information content (AvgIpc) is 2.62. The summed E-state index contributed by atoms with van der Waals surface area (Å²) >= 11 is 0. The molecule has 3 amide bonds. The number of nitrogens with zero attached hydrogens (tertiary/aromatic N) is 1. The number of carboxylic acids is 1. The molecule has 0 spiro atoms. The van der Waals surface area contributed by atoms with Gasteiger partial charge in [-0.3, -0.25) is 19.3 Å². The van der Waals surface area contributed by atoms with E-state index >= 15 is 0 Å². The topological polar surface area (TPSA) is 125 Å². The van der Waals surface area contributed by atoms with Crippen LogP contribution in [0.2, 0.25) is 0 Å². The average molecular weight is 379 g/mol. The van der Waals surface area contributed by atoms with Crippen molar-refractivity contribution in [1.82, 2.24) is 15.5 Å². The van der Waals surface area contributed by atoms with Gasteiger partial charge in [0.2, 0.25) is 11.8 Å². The predicted octanol–water partition coefficient (Wildman–Crippen LogP) is 0.598. The number of alkyl carbamates (subject to hydrolysis) is 1. The van der Waals surface area contributed by atoms with Gasteiger partial charge in [-0.2, -0.15) is 0 Å². The van der Waals surface area contributed by atoms with Crippen molar-refractivity contribution in [3.05, 3.63) is 35.9 Å². The minimum atomic E-state index is -1.33. The zero-order chi connectivity index (χ0) is 20.2. The fourth-order valence-corrected chi connectivity index (χ4v) is 2.03. The number of imide groups is 1. The number of aliphatic carboxylic acids is 1. The molecule has 3 N–H and O–H groups in total. The van der Waals surface area contributed by atoms with E-state index in [4.69, 9.17) is 9.84 Å². The molecule has 0 aromatic heterocycles. The van der Waals surface area contributed by atoms with Crippen LogP contribution in [0.3, 0.4) is 0 Å². The standard InChI is InChI=1S/C18H25N3O6/c1-13(2)8-19-9-15(22)21(11-17(24)25)16(23)10-20-18(26)27-12-14-6-4-3-5-7-14/h3-7,13,19H,8-12H2,1-2H3,(H,20,26)(H,24,25). The number of rotatable bonds is 10. The third-order valence-corrected chi connectivity index (χ3v) is 3.32. The van der Waals surface area contributed by atoms with Crippen LogP contribution in [0, 0.1) is 5.92 Å². The van der Waals surface area contributed by atoms with Crippen LogP contribution in [0.15, 0.2) is 30.3 Å². The first-order chi connectivity index (χ1) is 12.8. The highest BCUT2D eigenvalue weighted by molar-refractivity contribution is 6.00. The van der Waals surface area contributed by atoms with Crippen molar-refractivity contribution in [2.75, 3.05) is 26.2 Å². The van der Waals surface area contributed by atoms with E-state index < -0.39 is 37.0 Å². The van der Waals surface area contributed by atoms with E-state index in [2.05, 4.69) is 10.6 Å². The second-order valence-corrected chi connectivity index (χ2v) is 6.21. The van der Waals surface area contributed by atoms with Gasteiger partial charge in [0.25, 0.3) is 0 Å². The molecule has 0 aliphatic heterocycles. The fourth-order valence-electron chi connectivity index (χ4n) is 2.03. The SMILES string of the molecule is CC(C)CNCC(=O)N(CC(=O)O)C(=O)CNC(=O)OCc1ccccc1. The number of ether oxygens (including phenoxy) is 1. The van der Waals surface area contributed by atoms with E-state index in [1.54, 1.807) is 24.3 Å². The minimum absolute atomic E-state index is 0.0256. The first-order valence-corrected chi connectivity index (χ1v) is 8.49. The van der Waals surface area contributed by atoms with Crippen molar-refractivity contribution in [2.24, 2.45) is 5.92 Å². The lowest BCUT2D eigenvalue weighted by atomic mass is 10.2. The lowest BCUT2D eigenvalue weighted by Gasteiger charge is -2.19. The van der Waals surface area contributed by atoms with Crippen molar-refractivity contribution >= 4 is 23.9 Å². The van der Waals surface area contributed by atoms with Gasteiger partial charge in [0.15, 0.2) is 0 Å². The van der Waals surface area contributed by atoms with Gasteiger partial charge in [0.1, 0.15) is 19.7 Å². The lowest BCUT2D eigenvalue weighted by molar-refractivity contribution is -0.151. The number of benzene rings is 1. The molecule has 0 unspecified atom stereocenters. The number of carbonyl (C=O) groups excluding carboxylic acids is 3. The van der Waals surface area contributed by atoms with E-state index in [1.807, 2.05) is 19.9 Å². The number of hydrogen-bond acceptors (Lipinski definition) is 6. The number of amides is 3. The Morgan fingerprint density at radius 2 is 1.70 bits per heavy atom. The van der Waals surface area contributed by atoms with Crippen molar-refractivity contribution < 1.29 is 29.0 Å². The molecular weight excluding hydrogens is 354 g/mol. The first kappa shape index (κ1) is 22.1. The molecule has 0 bridgehead atoms. The van der Waals surface area contributed by atoms with Crippen LogP contribution in [0.1, 0.15) is 19.4 Å². The molecule has 1 aromatic carbocycles. The maximum atomic E-state index is 12.1. The van der Waals surface area contributed by atoms with E-state index in [-0.39, 0.29) is 13.2 Å². The second-order valence-electron chi connectivity index (χ2n) is 6.21. The molecule has 0 aliphatic carbocycles. The van der Waals surface area contributed by atoms with E-state index in [0.29, 0.717) is 17.4 Å². The Morgan fingerprint density at radius 1 is 1.07 bits per heavy atom. The minimum Gasteiger partial charge on any atom is -0.480 e. The Labute approximate surface area is 157 Å². The zero-order valence-corrected chi connectivity index (χ0v) is 15.4. The smallest absolute Gasteiger partial charge is 0.407 e. The monoisotopic (exact) mass is 379 g/mol. The highest BCUT2D eigenvalue weighted by Gasteiger charge is 2.24. The summed E-state index contributed by atoms with van der Waals surface area (Å²) in [7, 11) is 0. The highest BCUT2D eigenvalue weighted by Crippen LogP contribution is 2.00. The Kier molecular flexibility index (Phi) is 9.52. The summed E-state index contributed by atoms with van der Waals surface area (Å²) in [6.45, 7) is 2.97. The zero-order valence-electron chi connectivity index (χ0n) is 15.4. The van der Waals surface area contributed by atoms with E-state index in [9.17, 15) is 19.2 Å². The molecule has 1 aromatic rings. The molecule has 1 rings (SSSR count). The van der Waals surface area contributed by atoms with Gasteiger partial charge in [-0.05, 0) is 18.0 Å². The van der Waals surface area contributed by atoms with Gasteiger partial charge in [-0.1, -0.05) is 44.2 Å². The van der Waals surface area contributed by atoms with Gasteiger partial charge in [0.05, 0.1) is 6.54 Å². The van der Waals surface area contributed by atoms with Crippen LogP contribution < -0.4 is 10.6 Å². The first-order valence-electron chi connectivity index (χ1n) is 8.49. The second kappa shape index (κ2) is 11.6. The Morgan fingerprint density at radius 3 is 2.30 bits per heavy atom. The van der Waals surface area contributed by atoms with Crippen LogP contribution in [-0.4, -0.2) is 60.1 Å². The maximum absolute atomic E-state index is 12.1. The van der Waals surface area contributed by atoms with Crippen molar-refractivity contribution in [2.45, 2.75) is 20.5 Å². The molecule has 0 heterocycles. The summed E-state index contributed by atoms with van der Waals surface area (Å²) in [6.07, 6.45) is -0.840. The molecule has 9 heteroatoms. The molecule has 9 nitrogen and oxygen atoms in total. The Hall–Kier alpha value is -2.94. The number of nitrogens with one attached hydrogen (secondary N) is 2. The van der Waals surface area contributed by atoms with Crippen LogP contribution in [0.25, 0.3) is 0 Å². The fraction of sp³-hybridized carbons (Fsp3) is 0.444. The largest absolute Gasteiger partial charge is 0.480 e. The van der Waals surface area contributed by atoms with Gasteiger partial charge < -0.3 is 20.5 Å². The predicted molar refractivity (Wildman–Crippen MR) is 96.7 cm³/mol. The van der Waals surface area contributed by atoms with Crippen LogP contribution in [0.5, 0.6) is 0 Å². The number of carbonyl (C=O) groups is 4. The normalized spacial score (nSPS) is 10.3. The van der Waals surface area contributed by atoms with Gasteiger partial charge in [-0.15, -0.1) is 0 Å². The van der Waals surface area contributed by atoms with Crippen LogP contribution in [0.4, 0.5) is 4.79 Å². The van der Waals surface area contributed by atoms with Gasteiger partial charge in [-0.25, -0.2) is 4.79 Å². The molecule has 0 saturated heterocycles. The third-order valence-electron chi connectivity index (χ3n) is 3.32. The summed E-state index contributed by atoms with van der Waals surface area (Å²) in [4.78, 5) is 47.4. The molecular formula is C18H25N3O6. The molecule has 0 aliphatic rings. The summed E-state index contributed by atoms with van der Waals surface area (Å²) < 4.78 is 4.96. The Bertz CT molecular complexity index is 648. The molecule has 148 valence electrons. The molecule has 0 atom stereocenters. The molecule has 0 radical (unpaired) electrons. The van der Waals surface area contributed by atoms with Gasteiger partial charge >= 0.3 is 12.1 Å². The van der Waals surface area contributed by atoms with Crippen molar-refractivity contribution in [3.63, 3.8) is 0 Å². The highest BCUT2D eigenvalue weighted by atomic mass is 16.5. The Balaban J connectivity index is 2.48. The summed E-state index contributed by atoms with van der Waals surface area (Å²) in [6, 6.07) is 8.96. The maximum Gasteiger partial charge on any atom is 0.407 e.